The Balaban J connectivity index is 2.51. The van der Waals surface area contributed by atoms with Gasteiger partial charge < -0.3 is 4.74 Å². The molecule has 0 saturated heterocycles. The van der Waals surface area contributed by atoms with E-state index in [1.165, 1.54) is 0 Å². The third-order valence-corrected chi connectivity index (χ3v) is 3.53. The Bertz CT molecular complexity index is 386. The van der Waals surface area contributed by atoms with Crippen LogP contribution in [0.1, 0.15) is 39.0 Å². The molecule has 0 aromatic carbocycles. The van der Waals surface area contributed by atoms with Crippen molar-refractivity contribution in [2.75, 3.05) is 13.2 Å². The molecule has 0 amide bonds. The van der Waals surface area contributed by atoms with E-state index in [2.05, 4.69) is 37.6 Å². The van der Waals surface area contributed by atoms with Gasteiger partial charge in [-0.25, -0.2) is 4.98 Å². The van der Waals surface area contributed by atoms with Crippen molar-refractivity contribution < 1.29 is 4.74 Å². The lowest BCUT2D eigenvalue weighted by molar-refractivity contribution is 0.140. The molecule has 0 spiro atoms. The summed E-state index contributed by atoms with van der Waals surface area (Å²) in [6.45, 7) is 12.3. The first-order valence-corrected chi connectivity index (χ1v) is 7.40. The van der Waals surface area contributed by atoms with Crippen LogP contribution in [0.2, 0.25) is 0 Å². The Morgan fingerprint density at radius 1 is 1.21 bits per heavy atom. The predicted molar refractivity (Wildman–Crippen MR) is 81.0 cm³/mol. The van der Waals surface area contributed by atoms with Crippen molar-refractivity contribution in [2.24, 2.45) is 0 Å². The molecule has 0 aliphatic carbocycles. The summed E-state index contributed by atoms with van der Waals surface area (Å²) in [4.78, 5) is 6.81. The van der Waals surface area contributed by atoms with Gasteiger partial charge in [-0.2, -0.15) is 0 Å². The number of rotatable bonds is 7. The maximum absolute atomic E-state index is 5.81. The monoisotopic (exact) mass is 284 g/mol. The molecule has 1 heterocycles. The molecule has 1 aromatic rings. The molecule has 0 aliphatic heterocycles. The second kappa shape index (κ2) is 7.71. The highest BCUT2D eigenvalue weighted by Gasteiger charge is 2.13. The molecule has 0 unspecified atom stereocenters. The first kappa shape index (κ1) is 16.3. The van der Waals surface area contributed by atoms with Crippen LogP contribution < -0.4 is 4.74 Å². The molecule has 0 atom stereocenters. The fourth-order valence-corrected chi connectivity index (χ4v) is 2.44. The summed E-state index contributed by atoms with van der Waals surface area (Å²) < 4.78 is 5.72. The Kier molecular flexibility index (Phi) is 6.59. The normalized spacial score (nSPS) is 11.6. The largest absolute Gasteiger partial charge is 0.476 e. The molecule has 0 saturated carbocycles. The number of nitrogens with zero attached hydrogens (tertiary/aromatic N) is 2. The van der Waals surface area contributed by atoms with Crippen LogP contribution in [-0.4, -0.2) is 35.1 Å². The molecule has 0 fully saturated rings. The summed E-state index contributed by atoms with van der Waals surface area (Å²) in [6.07, 6.45) is 0. The molecule has 1 aromatic heterocycles. The zero-order valence-corrected chi connectivity index (χ0v) is 13.4. The number of aromatic nitrogens is 1. The number of hydrogen-bond acceptors (Lipinski definition) is 3. The molecule has 1 rings (SSSR count). The lowest BCUT2D eigenvalue weighted by Gasteiger charge is -2.30. The quantitative estimate of drug-likeness (QED) is 0.715. The van der Waals surface area contributed by atoms with Gasteiger partial charge in [0.1, 0.15) is 6.61 Å². The lowest BCUT2D eigenvalue weighted by Crippen LogP contribution is -2.39. The van der Waals surface area contributed by atoms with Gasteiger partial charge in [0.25, 0.3) is 0 Å². The third-order valence-electron chi connectivity index (χ3n) is 3.24. The van der Waals surface area contributed by atoms with E-state index >= 15 is 0 Å². The average molecular weight is 285 g/mol. The molecule has 0 N–H and O–H groups in total. The van der Waals surface area contributed by atoms with Crippen LogP contribution in [0.15, 0.2) is 12.1 Å². The summed E-state index contributed by atoms with van der Waals surface area (Å²) in [5.74, 6) is 1.17. The lowest BCUT2D eigenvalue weighted by atomic mass is 10.2. The van der Waals surface area contributed by atoms with Crippen LogP contribution in [0.3, 0.4) is 0 Å². The van der Waals surface area contributed by atoms with Crippen LogP contribution in [0.4, 0.5) is 0 Å². The highest BCUT2D eigenvalue weighted by Crippen LogP contribution is 2.14. The zero-order valence-electron chi connectivity index (χ0n) is 12.6. The fourth-order valence-electron chi connectivity index (χ4n) is 2.16. The number of alkyl halides is 1. The predicted octanol–water partition coefficient (Wildman–Crippen LogP) is 3.63. The maximum atomic E-state index is 5.81. The highest BCUT2D eigenvalue weighted by molar-refractivity contribution is 6.17. The molecule has 3 nitrogen and oxygen atoms in total. The number of aryl methyl sites for hydroxylation is 1. The van der Waals surface area contributed by atoms with Crippen molar-refractivity contribution in [2.45, 2.75) is 52.6 Å². The van der Waals surface area contributed by atoms with E-state index in [-0.39, 0.29) is 0 Å². The van der Waals surface area contributed by atoms with Gasteiger partial charge in [-0.15, -0.1) is 11.6 Å². The maximum Gasteiger partial charge on any atom is 0.213 e. The van der Waals surface area contributed by atoms with Crippen LogP contribution in [0, 0.1) is 6.92 Å². The van der Waals surface area contributed by atoms with Gasteiger partial charge in [0.2, 0.25) is 5.88 Å². The van der Waals surface area contributed by atoms with Crippen molar-refractivity contribution in [3.05, 3.63) is 23.4 Å². The Morgan fingerprint density at radius 3 is 2.32 bits per heavy atom. The smallest absolute Gasteiger partial charge is 0.213 e. The van der Waals surface area contributed by atoms with E-state index in [1.807, 2.05) is 19.1 Å². The standard InChI is InChI=1S/C15H25ClN2O/c1-11(2)18(12(3)4)8-9-19-15-7-6-14(10-16)13(5)17-15/h6-7,11-12H,8-10H2,1-5H3. The fraction of sp³-hybridized carbons (Fsp3) is 0.667. The van der Waals surface area contributed by atoms with E-state index in [0.29, 0.717) is 30.5 Å². The summed E-state index contributed by atoms with van der Waals surface area (Å²) in [5, 5.41) is 0. The van der Waals surface area contributed by atoms with Gasteiger partial charge in [0.05, 0.1) is 0 Å². The van der Waals surface area contributed by atoms with Crippen LogP contribution in [-0.2, 0) is 5.88 Å². The van der Waals surface area contributed by atoms with E-state index < -0.39 is 0 Å². The molecule has 0 aliphatic rings. The molecule has 4 heteroatoms. The summed E-state index contributed by atoms with van der Waals surface area (Å²) >= 11 is 5.81. The molecule has 19 heavy (non-hydrogen) atoms. The van der Waals surface area contributed by atoms with Crippen molar-refractivity contribution in [3.63, 3.8) is 0 Å². The number of hydrogen-bond donors (Lipinski definition) is 0. The number of halogens is 1. The second-order valence-electron chi connectivity index (χ2n) is 5.30. The number of ether oxygens (including phenoxy) is 1. The SMILES string of the molecule is Cc1nc(OCCN(C(C)C)C(C)C)ccc1CCl. The zero-order chi connectivity index (χ0) is 14.4. The first-order chi connectivity index (χ1) is 8.95. The van der Waals surface area contributed by atoms with E-state index in [0.717, 1.165) is 17.8 Å². The van der Waals surface area contributed by atoms with Gasteiger partial charge in [0.15, 0.2) is 0 Å². The summed E-state index contributed by atoms with van der Waals surface area (Å²) in [5.41, 5.74) is 2.00. The van der Waals surface area contributed by atoms with Crippen molar-refractivity contribution >= 4 is 11.6 Å². The minimum absolute atomic E-state index is 0.494. The van der Waals surface area contributed by atoms with E-state index in [1.54, 1.807) is 0 Å². The molecule has 0 bridgehead atoms. The highest BCUT2D eigenvalue weighted by atomic mass is 35.5. The topological polar surface area (TPSA) is 25.4 Å². The Hall–Kier alpha value is -0.800. The van der Waals surface area contributed by atoms with Gasteiger partial charge in [0, 0.05) is 36.3 Å². The van der Waals surface area contributed by atoms with Crippen LogP contribution in [0.5, 0.6) is 5.88 Å². The molecule has 0 radical (unpaired) electrons. The van der Waals surface area contributed by atoms with Gasteiger partial charge in [-0.05, 0) is 40.2 Å². The van der Waals surface area contributed by atoms with Crippen molar-refractivity contribution in [1.29, 1.82) is 0 Å². The van der Waals surface area contributed by atoms with Crippen LogP contribution >= 0.6 is 11.6 Å². The number of pyridine rings is 1. The first-order valence-electron chi connectivity index (χ1n) is 6.86. The summed E-state index contributed by atoms with van der Waals surface area (Å²) in [7, 11) is 0. The van der Waals surface area contributed by atoms with Gasteiger partial charge >= 0.3 is 0 Å². The Morgan fingerprint density at radius 2 is 1.84 bits per heavy atom. The average Bonchev–Trinajstić information content (AvgIpc) is 2.33. The minimum Gasteiger partial charge on any atom is -0.476 e. The molecule has 108 valence electrons. The van der Waals surface area contributed by atoms with Gasteiger partial charge in [-0.3, -0.25) is 4.90 Å². The van der Waals surface area contributed by atoms with Crippen LogP contribution in [0.25, 0.3) is 0 Å². The summed E-state index contributed by atoms with van der Waals surface area (Å²) in [6, 6.07) is 4.92. The second-order valence-corrected chi connectivity index (χ2v) is 5.57. The molecular weight excluding hydrogens is 260 g/mol. The molecular formula is C15H25ClN2O. The minimum atomic E-state index is 0.494. The Labute approximate surface area is 121 Å². The third kappa shape index (κ3) is 5.00. The van der Waals surface area contributed by atoms with Gasteiger partial charge in [-0.1, -0.05) is 6.07 Å². The van der Waals surface area contributed by atoms with Crippen molar-refractivity contribution in [1.82, 2.24) is 9.88 Å². The van der Waals surface area contributed by atoms with Crippen molar-refractivity contribution in [3.8, 4) is 5.88 Å². The van der Waals surface area contributed by atoms with E-state index in [9.17, 15) is 0 Å². The van der Waals surface area contributed by atoms with E-state index in [4.69, 9.17) is 16.3 Å².